The van der Waals surface area contributed by atoms with Crippen molar-refractivity contribution in [2.75, 3.05) is 13.1 Å². The third-order valence-corrected chi connectivity index (χ3v) is 3.79. The number of benzene rings is 2. The van der Waals surface area contributed by atoms with Gasteiger partial charge in [-0.3, -0.25) is 0 Å². The minimum absolute atomic E-state index is 0.233. The van der Waals surface area contributed by atoms with Crippen molar-refractivity contribution in [3.63, 3.8) is 0 Å². The number of carbonyl (C=O) groups is 1. The predicted octanol–water partition coefficient (Wildman–Crippen LogP) is 4.14. The van der Waals surface area contributed by atoms with Crippen LogP contribution in [0.4, 0.5) is 4.79 Å². The van der Waals surface area contributed by atoms with E-state index < -0.39 is 6.09 Å². The van der Waals surface area contributed by atoms with Crippen molar-refractivity contribution in [1.29, 1.82) is 0 Å². The highest BCUT2D eigenvalue weighted by molar-refractivity contribution is 5.81. The second-order valence-corrected chi connectivity index (χ2v) is 5.27. The molecule has 0 fully saturated rings. The minimum atomic E-state index is -0.415. The lowest BCUT2D eigenvalue weighted by molar-refractivity contribution is 0.155. The van der Waals surface area contributed by atoms with Crippen LogP contribution in [0.3, 0.4) is 0 Å². The molecule has 0 N–H and O–H groups in total. The number of carbonyl (C=O) groups excluding carboxylic acids is 1. The number of amides is 1. The Labute approximate surface area is 140 Å². The van der Waals surface area contributed by atoms with E-state index in [2.05, 4.69) is 9.97 Å². The number of para-hydroxylation sites is 2. The molecule has 0 spiro atoms. The molecule has 0 saturated carbocycles. The standard InChI is InChI=1S/C19H19N3O2/c1-3-22(4-2)19(23)24-18-17(14-10-6-5-7-11-14)20-15-12-8-9-13-16(15)21-18/h5-13H,3-4H2,1-2H3. The van der Waals surface area contributed by atoms with E-state index >= 15 is 0 Å². The van der Waals surface area contributed by atoms with Crippen LogP contribution in [0.2, 0.25) is 0 Å². The fourth-order valence-corrected chi connectivity index (χ4v) is 2.47. The Balaban J connectivity index is 2.09. The van der Waals surface area contributed by atoms with Crippen LogP contribution in [0.15, 0.2) is 54.6 Å². The Morgan fingerprint density at radius 3 is 2.12 bits per heavy atom. The van der Waals surface area contributed by atoms with E-state index in [0.717, 1.165) is 11.1 Å². The summed E-state index contributed by atoms with van der Waals surface area (Å²) < 4.78 is 5.57. The minimum Gasteiger partial charge on any atom is -0.389 e. The molecular weight excluding hydrogens is 302 g/mol. The fraction of sp³-hybridized carbons (Fsp3) is 0.211. The van der Waals surface area contributed by atoms with E-state index in [4.69, 9.17) is 4.74 Å². The molecule has 2 aromatic carbocycles. The molecule has 122 valence electrons. The van der Waals surface area contributed by atoms with Crippen molar-refractivity contribution in [1.82, 2.24) is 14.9 Å². The topological polar surface area (TPSA) is 55.3 Å². The largest absolute Gasteiger partial charge is 0.416 e. The van der Waals surface area contributed by atoms with Gasteiger partial charge in [0.1, 0.15) is 5.69 Å². The summed E-state index contributed by atoms with van der Waals surface area (Å²) in [5.41, 5.74) is 2.88. The molecule has 1 amide bonds. The van der Waals surface area contributed by atoms with E-state index in [1.54, 1.807) is 4.90 Å². The van der Waals surface area contributed by atoms with Crippen molar-refractivity contribution in [2.45, 2.75) is 13.8 Å². The maximum atomic E-state index is 12.3. The zero-order chi connectivity index (χ0) is 16.9. The van der Waals surface area contributed by atoms with Crippen LogP contribution in [-0.2, 0) is 0 Å². The number of ether oxygens (including phenoxy) is 1. The molecule has 24 heavy (non-hydrogen) atoms. The summed E-state index contributed by atoms with van der Waals surface area (Å²) in [6.45, 7) is 4.98. The molecule has 5 heteroatoms. The molecule has 0 radical (unpaired) electrons. The van der Waals surface area contributed by atoms with Gasteiger partial charge in [-0.1, -0.05) is 42.5 Å². The summed E-state index contributed by atoms with van der Waals surface area (Å²) >= 11 is 0. The first-order valence-corrected chi connectivity index (χ1v) is 8.02. The molecule has 5 nitrogen and oxygen atoms in total. The van der Waals surface area contributed by atoms with Gasteiger partial charge in [-0.05, 0) is 26.0 Å². The van der Waals surface area contributed by atoms with Crippen molar-refractivity contribution >= 4 is 17.1 Å². The van der Waals surface area contributed by atoms with Gasteiger partial charge in [0.15, 0.2) is 0 Å². The maximum Gasteiger partial charge on any atom is 0.416 e. The molecule has 3 rings (SSSR count). The Hall–Kier alpha value is -2.95. The monoisotopic (exact) mass is 321 g/mol. The molecule has 0 saturated heterocycles. The van der Waals surface area contributed by atoms with Crippen LogP contribution >= 0.6 is 0 Å². The van der Waals surface area contributed by atoms with Gasteiger partial charge in [-0.25, -0.2) is 14.8 Å². The molecule has 0 aliphatic carbocycles. The van der Waals surface area contributed by atoms with Crippen LogP contribution < -0.4 is 4.74 Å². The van der Waals surface area contributed by atoms with Gasteiger partial charge in [-0.2, -0.15) is 0 Å². The first kappa shape index (κ1) is 15.9. The maximum absolute atomic E-state index is 12.3. The smallest absolute Gasteiger partial charge is 0.389 e. The van der Waals surface area contributed by atoms with E-state index in [9.17, 15) is 4.79 Å². The highest BCUT2D eigenvalue weighted by Crippen LogP contribution is 2.28. The van der Waals surface area contributed by atoms with Gasteiger partial charge in [-0.15, -0.1) is 0 Å². The molecular formula is C19H19N3O2. The van der Waals surface area contributed by atoms with E-state index in [1.807, 2.05) is 68.4 Å². The lowest BCUT2D eigenvalue weighted by Crippen LogP contribution is -2.33. The summed E-state index contributed by atoms with van der Waals surface area (Å²) in [5.74, 6) is 0.233. The Morgan fingerprint density at radius 2 is 1.50 bits per heavy atom. The highest BCUT2D eigenvalue weighted by Gasteiger charge is 2.18. The van der Waals surface area contributed by atoms with Gasteiger partial charge < -0.3 is 9.64 Å². The third-order valence-electron chi connectivity index (χ3n) is 3.79. The quantitative estimate of drug-likeness (QED) is 0.725. The second-order valence-electron chi connectivity index (χ2n) is 5.27. The Morgan fingerprint density at radius 1 is 0.917 bits per heavy atom. The van der Waals surface area contributed by atoms with Gasteiger partial charge in [0.25, 0.3) is 5.88 Å². The number of hydrogen-bond donors (Lipinski definition) is 0. The molecule has 0 atom stereocenters. The molecule has 1 heterocycles. The van der Waals surface area contributed by atoms with Crippen molar-refractivity contribution in [3.05, 3.63) is 54.6 Å². The normalized spacial score (nSPS) is 10.6. The SMILES string of the molecule is CCN(CC)C(=O)Oc1nc2ccccc2nc1-c1ccccc1. The van der Waals surface area contributed by atoms with Gasteiger partial charge >= 0.3 is 6.09 Å². The summed E-state index contributed by atoms with van der Waals surface area (Å²) in [4.78, 5) is 23.1. The van der Waals surface area contributed by atoms with Crippen molar-refractivity contribution in [3.8, 4) is 17.1 Å². The summed E-state index contributed by atoms with van der Waals surface area (Å²) in [6.07, 6.45) is -0.415. The number of hydrogen-bond acceptors (Lipinski definition) is 4. The molecule has 0 aliphatic rings. The molecule has 3 aromatic rings. The summed E-state index contributed by atoms with van der Waals surface area (Å²) in [6, 6.07) is 17.2. The molecule has 1 aromatic heterocycles. The fourth-order valence-electron chi connectivity index (χ4n) is 2.47. The van der Waals surface area contributed by atoms with Crippen LogP contribution in [0.5, 0.6) is 5.88 Å². The molecule has 0 unspecified atom stereocenters. The van der Waals surface area contributed by atoms with E-state index in [0.29, 0.717) is 24.3 Å². The predicted molar refractivity (Wildman–Crippen MR) is 93.9 cm³/mol. The molecule has 0 aliphatic heterocycles. The lowest BCUT2D eigenvalue weighted by Gasteiger charge is -2.18. The van der Waals surface area contributed by atoms with Gasteiger partial charge in [0.05, 0.1) is 11.0 Å². The Bertz CT molecular complexity index is 846. The Kier molecular flexibility index (Phi) is 4.70. The van der Waals surface area contributed by atoms with Crippen LogP contribution in [0.25, 0.3) is 22.3 Å². The number of nitrogens with zero attached hydrogens (tertiary/aromatic N) is 3. The summed E-state index contributed by atoms with van der Waals surface area (Å²) in [5, 5.41) is 0. The van der Waals surface area contributed by atoms with Gasteiger partial charge in [0, 0.05) is 18.7 Å². The first-order valence-electron chi connectivity index (χ1n) is 8.02. The van der Waals surface area contributed by atoms with Crippen LogP contribution in [0, 0.1) is 0 Å². The van der Waals surface area contributed by atoms with Crippen molar-refractivity contribution < 1.29 is 9.53 Å². The van der Waals surface area contributed by atoms with E-state index in [-0.39, 0.29) is 5.88 Å². The number of aromatic nitrogens is 2. The van der Waals surface area contributed by atoms with Crippen molar-refractivity contribution in [2.24, 2.45) is 0 Å². The van der Waals surface area contributed by atoms with Crippen LogP contribution in [-0.4, -0.2) is 34.1 Å². The summed E-state index contributed by atoms with van der Waals surface area (Å²) in [7, 11) is 0. The average Bonchev–Trinajstić information content (AvgIpc) is 2.63. The average molecular weight is 321 g/mol. The van der Waals surface area contributed by atoms with E-state index in [1.165, 1.54) is 0 Å². The zero-order valence-corrected chi connectivity index (χ0v) is 13.8. The third kappa shape index (κ3) is 3.20. The second kappa shape index (κ2) is 7.08. The van der Waals surface area contributed by atoms with Crippen LogP contribution in [0.1, 0.15) is 13.8 Å². The first-order chi connectivity index (χ1) is 11.7. The highest BCUT2D eigenvalue weighted by atomic mass is 16.6. The number of fused-ring (bicyclic) bond motifs is 1. The zero-order valence-electron chi connectivity index (χ0n) is 13.8. The molecule has 0 bridgehead atoms. The van der Waals surface area contributed by atoms with Gasteiger partial charge in [0.2, 0.25) is 0 Å². The number of rotatable bonds is 4. The lowest BCUT2D eigenvalue weighted by atomic mass is 10.1.